The molecule has 7 nitrogen and oxygen atoms in total. The second-order valence-electron chi connectivity index (χ2n) is 11.6. The van der Waals surface area contributed by atoms with Crippen LogP contribution in [-0.2, 0) is 14.3 Å². The number of carbonyl (C=O) groups is 3. The molecule has 0 spiro atoms. The molecule has 1 aromatic rings. The highest BCUT2D eigenvalue weighted by atomic mass is 16.5. The van der Waals surface area contributed by atoms with Gasteiger partial charge >= 0.3 is 0 Å². The van der Waals surface area contributed by atoms with E-state index in [1.165, 1.54) is 50.8 Å². The van der Waals surface area contributed by atoms with E-state index in [1.54, 1.807) is 4.90 Å². The maximum absolute atomic E-state index is 13.6. The molecule has 36 heavy (non-hydrogen) atoms. The van der Waals surface area contributed by atoms with Gasteiger partial charge in [0.25, 0.3) is 5.91 Å². The average Bonchev–Trinajstić information content (AvgIpc) is 3.62. The number of fused-ring (bicyclic) bond motifs is 1. The highest BCUT2D eigenvalue weighted by Gasteiger charge is 2.49. The summed E-state index contributed by atoms with van der Waals surface area (Å²) in [6, 6.07) is 7.79. The number of Topliss-reactive ketones (excluding diaryl/α,β-unsaturated/α-hetero) is 1. The normalized spacial score (nSPS) is 28.8. The fourth-order valence-electron chi connectivity index (χ4n) is 7.17. The van der Waals surface area contributed by atoms with Crippen molar-refractivity contribution in [1.82, 2.24) is 15.1 Å². The van der Waals surface area contributed by atoms with Crippen molar-refractivity contribution in [3.63, 3.8) is 0 Å². The van der Waals surface area contributed by atoms with Crippen molar-refractivity contribution in [2.75, 3.05) is 26.2 Å². The first kappa shape index (κ1) is 24.1. The third kappa shape index (κ3) is 4.60. The number of amides is 2. The third-order valence-electron chi connectivity index (χ3n) is 9.58. The number of carbonyl (C=O) groups excluding carboxylic acids is 3. The van der Waals surface area contributed by atoms with Crippen LogP contribution in [0, 0.1) is 5.92 Å². The summed E-state index contributed by atoms with van der Waals surface area (Å²) in [6.07, 6.45) is 11.0. The summed E-state index contributed by atoms with van der Waals surface area (Å²) in [4.78, 5) is 43.7. The Labute approximate surface area is 213 Å². The minimum absolute atomic E-state index is 0.0172. The molecular weight excluding hydrogens is 454 g/mol. The van der Waals surface area contributed by atoms with Crippen LogP contribution in [0.1, 0.15) is 86.0 Å². The molecule has 3 aliphatic heterocycles. The molecular formula is C29H39N3O4. The van der Waals surface area contributed by atoms with Gasteiger partial charge in [-0.15, -0.1) is 0 Å². The summed E-state index contributed by atoms with van der Waals surface area (Å²) >= 11 is 0. The highest BCUT2D eigenvalue weighted by molar-refractivity contribution is 5.99. The zero-order valence-electron chi connectivity index (χ0n) is 21.2. The number of piperidine rings is 1. The molecule has 2 saturated carbocycles. The van der Waals surface area contributed by atoms with Gasteiger partial charge in [0.15, 0.2) is 5.78 Å². The number of ether oxygens (including phenoxy) is 1. The molecule has 7 heteroatoms. The zero-order valence-corrected chi connectivity index (χ0v) is 21.2. The fraction of sp³-hybridized carbons (Fsp3) is 0.690. The summed E-state index contributed by atoms with van der Waals surface area (Å²) in [5.41, 5.74) is 1.91. The first-order valence-corrected chi connectivity index (χ1v) is 14.2. The number of likely N-dealkylation sites (tertiary alicyclic amines) is 2. The molecule has 0 bridgehead atoms. The zero-order chi connectivity index (χ0) is 24.6. The maximum Gasteiger partial charge on any atom is 0.251 e. The third-order valence-corrected chi connectivity index (χ3v) is 9.58. The molecule has 1 aromatic carbocycles. The van der Waals surface area contributed by atoms with Gasteiger partial charge in [-0.05, 0) is 87.6 Å². The number of benzene rings is 1. The Bertz CT molecular complexity index is 977. The lowest BCUT2D eigenvalue weighted by molar-refractivity contribution is -0.139. The van der Waals surface area contributed by atoms with Crippen molar-refractivity contribution in [3.8, 4) is 0 Å². The Morgan fingerprint density at radius 2 is 1.61 bits per heavy atom. The number of hydrogen-bond donors (Lipinski definition) is 1. The summed E-state index contributed by atoms with van der Waals surface area (Å²) in [7, 11) is 0. The largest absolute Gasteiger partial charge is 0.368 e. The van der Waals surface area contributed by atoms with Gasteiger partial charge in [0.05, 0.1) is 6.10 Å². The summed E-state index contributed by atoms with van der Waals surface area (Å²) in [6.45, 7) is 2.96. The average molecular weight is 494 g/mol. The smallest absolute Gasteiger partial charge is 0.251 e. The van der Waals surface area contributed by atoms with Crippen LogP contribution in [0.25, 0.3) is 0 Å². The van der Waals surface area contributed by atoms with E-state index in [0.717, 1.165) is 31.7 Å². The Morgan fingerprint density at radius 1 is 0.889 bits per heavy atom. The van der Waals surface area contributed by atoms with E-state index in [2.05, 4.69) is 22.3 Å². The fourth-order valence-corrected chi connectivity index (χ4v) is 7.17. The lowest BCUT2D eigenvalue weighted by atomic mass is 9.85. The van der Waals surface area contributed by atoms with Gasteiger partial charge in [0.2, 0.25) is 5.91 Å². The second-order valence-corrected chi connectivity index (χ2v) is 11.6. The lowest BCUT2D eigenvalue weighted by Crippen LogP contribution is -2.54. The van der Waals surface area contributed by atoms with Crippen LogP contribution in [0.3, 0.4) is 0 Å². The van der Waals surface area contributed by atoms with E-state index in [-0.39, 0.29) is 36.2 Å². The molecule has 194 valence electrons. The maximum atomic E-state index is 13.6. The molecule has 3 atom stereocenters. The van der Waals surface area contributed by atoms with Gasteiger partial charge in [0.1, 0.15) is 18.7 Å². The van der Waals surface area contributed by atoms with Crippen molar-refractivity contribution in [2.45, 2.75) is 94.4 Å². The first-order chi connectivity index (χ1) is 17.6. The van der Waals surface area contributed by atoms with Crippen molar-refractivity contribution in [1.29, 1.82) is 0 Å². The molecule has 0 radical (unpaired) electrons. The standard InChI is InChI=1S/C29H39N3O4/c33-24-18-36-25-14-17-32(27(24)25)29(35)26(21-4-1-2-5-21)30-28(34)22-10-8-19(9-11-22)20-12-15-31(16-13-20)23-6-3-7-23/h8-11,20-21,23,25-27H,1-7,12-18H2,(H,30,34)/t25-,26+,27-/m1/s1. The topological polar surface area (TPSA) is 79.0 Å². The van der Waals surface area contributed by atoms with E-state index in [9.17, 15) is 14.4 Å². The molecule has 3 heterocycles. The predicted molar refractivity (Wildman–Crippen MR) is 136 cm³/mol. The minimum Gasteiger partial charge on any atom is -0.368 e. The van der Waals surface area contributed by atoms with Crippen LogP contribution in [0.5, 0.6) is 0 Å². The number of nitrogens with zero attached hydrogens (tertiary/aromatic N) is 2. The molecule has 3 saturated heterocycles. The van der Waals surface area contributed by atoms with Gasteiger partial charge in [-0.1, -0.05) is 31.4 Å². The Balaban J connectivity index is 1.11. The van der Waals surface area contributed by atoms with E-state index in [4.69, 9.17) is 4.74 Å². The molecule has 1 N–H and O–H groups in total. The SMILES string of the molecule is O=C(N[C@H](C(=O)N1CC[C@H]2OCC(=O)[C@H]21)C1CCCC1)c1ccc(C2CCN(C3CCC3)CC2)cc1. The summed E-state index contributed by atoms with van der Waals surface area (Å²) in [5, 5.41) is 3.09. The molecule has 2 amide bonds. The van der Waals surface area contributed by atoms with Gasteiger partial charge in [-0.25, -0.2) is 0 Å². The quantitative estimate of drug-likeness (QED) is 0.658. The summed E-state index contributed by atoms with van der Waals surface area (Å²) in [5.74, 6) is 0.350. The molecule has 0 unspecified atom stereocenters. The van der Waals surface area contributed by atoms with Crippen molar-refractivity contribution in [2.24, 2.45) is 5.92 Å². The van der Waals surface area contributed by atoms with E-state index in [1.807, 2.05) is 12.1 Å². The molecule has 0 aromatic heterocycles. The van der Waals surface area contributed by atoms with Crippen LogP contribution < -0.4 is 5.32 Å². The Kier molecular flexibility index (Phi) is 6.86. The number of ketones is 1. The van der Waals surface area contributed by atoms with Crippen LogP contribution >= 0.6 is 0 Å². The van der Waals surface area contributed by atoms with E-state index < -0.39 is 12.1 Å². The number of rotatable bonds is 6. The molecule has 5 aliphatic rings. The van der Waals surface area contributed by atoms with E-state index >= 15 is 0 Å². The summed E-state index contributed by atoms with van der Waals surface area (Å²) < 4.78 is 5.58. The van der Waals surface area contributed by atoms with Gasteiger partial charge in [0, 0.05) is 18.2 Å². The van der Waals surface area contributed by atoms with Gasteiger partial charge < -0.3 is 19.9 Å². The molecule has 6 rings (SSSR count). The predicted octanol–water partition coefficient (Wildman–Crippen LogP) is 3.28. The Morgan fingerprint density at radius 3 is 2.28 bits per heavy atom. The van der Waals surface area contributed by atoms with Gasteiger partial charge in [-0.3, -0.25) is 14.4 Å². The Hall–Kier alpha value is -2.25. The van der Waals surface area contributed by atoms with Crippen molar-refractivity contribution < 1.29 is 19.1 Å². The molecule has 5 fully saturated rings. The van der Waals surface area contributed by atoms with Crippen LogP contribution in [0.15, 0.2) is 24.3 Å². The van der Waals surface area contributed by atoms with Crippen molar-refractivity contribution in [3.05, 3.63) is 35.4 Å². The number of hydrogen-bond acceptors (Lipinski definition) is 5. The first-order valence-electron chi connectivity index (χ1n) is 14.2. The van der Waals surface area contributed by atoms with Gasteiger partial charge in [-0.2, -0.15) is 0 Å². The van der Waals surface area contributed by atoms with Crippen molar-refractivity contribution >= 4 is 17.6 Å². The lowest BCUT2D eigenvalue weighted by Gasteiger charge is -2.42. The monoisotopic (exact) mass is 493 g/mol. The highest BCUT2D eigenvalue weighted by Crippen LogP contribution is 2.34. The number of nitrogens with one attached hydrogen (secondary N) is 1. The van der Waals surface area contributed by atoms with Crippen LogP contribution in [0.2, 0.25) is 0 Å². The van der Waals surface area contributed by atoms with E-state index in [0.29, 0.717) is 24.4 Å². The molecule has 2 aliphatic carbocycles. The second kappa shape index (κ2) is 10.3. The van der Waals surface area contributed by atoms with Crippen LogP contribution in [0.4, 0.5) is 0 Å². The van der Waals surface area contributed by atoms with Crippen LogP contribution in [-0.4, -0.2) is 77.9 Å². The minimum atomic E-state index is -0.581.